The molecular formula is C14H18FNO3. The summed E-state index contributed by atoms with van der Waals surface area (Å²) in [6.45, 7) is 2.74. The van der Waals surface area contributed by atoms with Gasteiger partial charge >= 0.3 is 0 Å². The summed E-state index contributed by atoms with van der Waals surface area (Å²) >= 11 is 0. The van der Waals surface area contributed by atoms with Crippen LogP contribution in [0.15, 0.2) is 18.2 Å². The molecule has 1 fully saturated rings. The molecule has 0 bridgehead atoms. The lowest BCUT2D eigenvalue weighted by molar-refractivity contribution is -0.00203. The minimum absolute atomic E-state index is 0.123. The molecule has 0 aliphatic carbocycles. The predicted molar refractivity (Wildman–Crippen MR) is 68.7 cm³/mol. The van der Waals surface area contributed by atoms with E-state index in [0.29, 0.717) is 31.5 Å². The molecule has 2 rings (SSSR count). The van der Waals surface area contributed by atoms with Crippen LogP contribution >= 0.6 is 0 Å². The summed E-state index contributed by atoms with van der Waals surface area (Å²) in [7, 11) is 1.38. The third-order valence-electron chi connectivity index (χ3n) is 3.53. The zero-order valence-corrected chi connectivity index (χ0v) is 11.1. The Morgan fingerprint density at radius 3 is 2.58 bits per heavy atom. The summed E-state index contributed by atoms with van der Waals surface area (Å²) < 4.78 is 18.4. The van der Waals surface area contributed by atoms with E-state index in [0.717, 1.165) is 0 Å². The first kappa shape index (κ1) is 13.8. The molecule has 5 heteroatoms. The van der Waals surface area contributed by atoms with E-state index in [1.54, 1.807) is 17.9 Å². The van der Waals surface area contributed by atoms with E-state index in [-0.39, 0.29) is 11.7 Å². The maximum Gasteiger partial charge on any atom is 0.253 e. The van der Waals surface area contributed by atoms with Gasteiger partial charge < -0.3 is 14.7 Å². The molecule has 1 N–H and O–H groups in total. The summed E-state index contributed by atoms with van der Waals surface area (Å²) in [5.41, 5.74) is -0.401. The van der Waals surface area contributed by atoms with Gasteiger partial charge in [0.25, 0.3) is 5.91 Å². The SMILES string of the molecule is COc1ccc(C(=O)N2CCC(C)(O)CC2)cc1F. The number of methoxy groups -OCH3 is 1. The number of ether oxygens (including phenoxy) is 1. The topological polar surface area (TPSA) is 49.8 Å². The van der Waals surface area contributed by atoms with Gasteiger partial charge in [-0.1, -0.05) is 0 Å². The third kappa shape index (κ3) is 3.04. The average Bonchev–Trinajstić information content (AvgIpc) is 2.38. The monoisotopic (exact) mass is 267 g/mol. The zero-order chi connectivity index (χ0) is 14.0. The number of hydrogen-bond donors (Lipinski definition) is 1. The Kier molecular flexibility index (Phi) is 3.75. The number of carbonyl (C=O) groups excluding carboxylic acids is 1. The quantitative estimate of drug-likeness (QED) is 0.889. The van der Waals surface area contributed by atoms with Crippen molar-refractivity contribution < 1.29 is 19.0 Å². The summed E-state index contributed by atoms with van der Waals surface area (Å²) in [6, 6.07) is 4.19. The first-order chi connectivity index (χ1) is 8.93. The predicted octanol–water partition coefficient (Wildman–Crippen LogP) is 1.82. The van der Waals surface area contributed by atoms with E-state index in [9.17, 15) is 14.3 Å². The zero-order valence-electron chi connectivity index (χ0n) is 11.1. The smallest absolute Gasteiger partial charge is 0.253 e. The largest absolute Gasteiger partial charge is 0.494 e. The molecule has 0 saturated carbocycles. The van der Waals surface area contributed by atoms with Gasteiger partial charge in [-0.3, -0.25) is 4.79 Å². The molecule has 0 radical (unpaired) electrons. The number of benzene rings is 1. The normalized spacial score (nSPS) is 18.2. The van der Waals surface area contributed by atoms with E-state index in [2.05, 4.69) is 0 Å². The Morgan fingerprint density at radius 2 is 2.05 bits per heavy atom. The first-order valence-electron chi connectivity index (χ1n) is 6.28. The number of amides is 1. The maximum atomic E-state index is 13.6. The highest BCUT2D eigenvalue weighted by atomic mass is 19.1. The minimum Gasteiger partial charge on any atom is -0.494 e. The molecule has 1 aromatic carbocycles. The molecule has 1 heterocycles. The first-order valence-corrected chi connectivity index (χ1v) is 6.28. The van der Waals surface area contributed by atoms with Crippen molar-refractivity contribution in [3.63, 3.8) is 0 Å². The van der Waals surface area contributed by atoms with Gasteiger partial charge in [-0.25, -0.2) is 4.39 Å². The van der Waals surface area contributed by atoms with E-state index in [4.69, 9.17) is 4.74 Å². The van der Waals surface area contributed by atoms with Crippen molar-refractivity contribution in [2.45, 2.75) is 25.4 Å². The molecule has 104 valence electrons. The van der Waals surface area contributed by atoms with Crippen LogP contribution in [0.1, 0.15) is 30.1 Å². The second-order valence-electron chi connectivity index (χ2n) is 5.14. The molecule has 0 spiro atoms. The van der Waals surface area contributed by atoms with Crippen molar-refractivity contribution in [3.05, 3.63) is 29.6 Å². The second-order valence-corrected chi connectivity index (χ2v) is 5.14. The fourth-order valence-corrected chi connectivity index (χ4v) is 2.17. The highest BCUT2D eigenvalue weighted by Crippen LogP contribution is 2.24. The summed E-state index contributed by atoms with van der Waals surface area (Å²) in [5, 5.41) is 9.84. The lowest BCUT2D eigenvalue weighted by atomic mass is 9.93. The van der Waals surface area contributed by atoms with Crippen molar-refractivity contribution in [3.8, 4) is 5.75 Å². The molecule has 1 saturated heterocycles. The van der Waals surface area contributed by atoms with Crippen LogP contribution in [-0.4, -0.2) is 41.7 Å². The van der Waals surface area contributed by atoms with E-state index in [1.165, 1.54) is 19.2 Å². The molecule has 1 aromatic rings. The lowest BCUT2D eigenvalue weighted by Gasteiger charge is -2.35. The fraction of sp³-hybridized carbons (Fsp3) is 0.500. The summed E-state index contributed by atoms with van der Waals surface area (Å²) in [5.74, 6) is -0.632. The highest BCUT2D eigenvalue weighted by molar-refractivity contribution is 5.94. The van der Waals surface area contributed by atoms with Crippen LogP contribution in [0.5, 0.6) is 5.75 Å². The van der Waals surface area contributed by atoms with Crippen LogP contribution in [0.2, 0.25) is 0 Å². The van der Waals surface area contributed by atoms with Crippen molar-refractivity contribution in [2.75, 3.05) is 20.2 Å². The Morgan fingerprint density at radius 1 is 1.42 bits per heavy atom. The number of aliphatic hydroxyl groups is 1. The van der Waals surface area contributed by atoms with Crippen LogP contribution in [-0.2, 0) is 0 Å². The second kappa shape index (κ2) is 5.17. The van der Waals surface area contributed by atoms with Crippen molar-refractivity contribution in [1.82, 2.24) is 4.90 Å². The Labute approximate surface area is 111 Å². The van der Waals surface area contributed by atoms with Crippen molar-refractivity contribution in [1.29, 1.82) is 0 Å². The van der Waals surface area contributed by atoms with Crippen LogP contribution < -0.4 is 4.74 Å². The fourth-order valence-electron chi connectivity index (χ4n) is 2.17. The number of piperidine rings is 1. The molecular weight excluding hydrogens is 249 g/mol. The molecule has 1 aliphatic heterocycles. The highest BCUT2D eigenvalue weighted by Gasteiger charge is 2.30. The molecule has 4 nitrogen and oxygen atoms in total. The van der Waals surface area contributed by atoms with Crippen molar-refractivity contribution >= 4 is 5.91 Å². The van der Waals surface area contributed by atoms with Gasteiger partial charge in [0, 0.05) is 18.7 Å². The van der Waals surface area contributed by atoms with Gasteiger partial charge in [-0.05, 0) is 38.0 Å². The van der Waals surface area contributed by atoms with Crippen molar-refractivity contribution in [2.24, 2.45) is 0 Å². The Hall–Kier alpha value is -1.62. The standard InChI is InChI=1S/C14H18FNO3/c1-14(18)5-7-16(8-6-14)13(17)10-3-4-12(19-2)11(15)9-10/h3-4,9,18H,5-8H2,1-2H3. The number of halogens is 1. The van der Waals surface area contributed by atoms with Gasteiger partial charge in [0.2, 0.25) is 0 Å². The van der Waals surface area contributed by atoms with Gasteiger partial charge in [-0.15, -0.1) is 0 Å². The molecule has 0 aromatic heterocycles. The molecule has 0 atom stereocenters. The third-order valence-corrected chi connectivity index (χ3v) is 3.53. The van der Waals surface area contributed by atoms with Crippen LogP contribution in [0.3, 0.4) is 0 Å². The molecule has 1 amide bonds. The summed E-state index contributed by atoms with van der Waals surface area (Å²) in [4.78, 5) is 13.8. The van der Waals surface area contributed by atoms with Crippen LogP contribution in [0, 0.1) is 5.82 Å². The average molecular weight is 267 g/mol. The van der Waals surface area contributed by atoms with Crippen LogP contribution in [0.4, 0.5) is 4.39 Å². The van der Waals surface area contributed by atoms with Gasteiger partial charge in [0.05, 0.1) is 12.7 Å². The molecule has 0 unspecified atom stereocenters. The molecule has 19 heavy (non-hydrogen) atoms. The molecule has 1 aliphatic rings. The van der Waals surface area contributed by atoms with Gasteiger partial charge in [-0.2, -0.15) is 0 Å². The van der Waals surface area contributed by atoms with E-state index in [1.807, 2.05) is 0 Å². The number of likely N-dealkylation sites (tertiary alicyclic amines) is 1. The Balaban J connectivity index is 2.10. The maximum absolute atomic E-state index is 13.6. The van der Waals surface area contributed by atoms with Gasteiger partial charge in [0.1, 0.15) is 0 Å². The van der Waals surface area contributed by atoms with E-state index < -0.39 is 11.4 Å². The van der Waals surface area contributed by atoms with E-state index >= 15 is 0 Å². The number of carbonyl (C=O) groups is 1. The number of rotatable bonds is 2. The van der Waals surface area contributed by atoms with Crippen LogP contribution in [0.25, 0.3) is 0 Å². The lowest BCUT2D eigenvalue weighted by Crippen LogP contribution is -2.45. The number of hydrogen-bond acceptors (Lipinski definition) is 3. The number of nitrogens with zero attached hydrogens (tertiary/aromatic N) is 1. The van der Waals surface area contributed by atoms with Gasteiger partial charge in [0.15, 0.2) is 11.6 Å². The summed E-state index contributed by atoms with van der Waals surface area (Å²) in [6.07, 6.45) is 1.08. The minimum atomic E-state index is -0.706. The Bertz CT molecular complexity index is 478.